The molecule has 5 heteroatoms. The van der Waals surface area contributed by atoms with Crippen LogP contribution in [0.4, 0.5) is 0 Å². The number of aromatic nitrogens is 1. The Bertz CT molecular complexity index is 627. The number of benzene rings is 1. The van der Waals surface area contributed by atoms with Crippen molar-refractivity contribution in [3.63, 3.8) is 0 Å². The summed E-state index contributed by atoms with van der Waals surface area (Å²) in [6.07, 6.45) is 1.85. The number of methoxy groups -OCH3 is 2. The fourth-order valence-electron chi connectivity index (χ4n) is 3.07. The van der Waals surface area contributed by atoms with Crippen LogP contribution in [-0.4, -0.2) is 50.3 Å². The van der Waals surface area contributed by atoms with Gasteiger partial charge in [0.15, 0.2) is 0 Å². The van der Waals surface area contributed by atoms with Gasteiger partial charge in [0.05, 0.1) is 26.0 Å². The summed E-state index contributed by atoms with van der Waals surface area (Å²) in [5.74, 6) is 1.63. The number of piperazine rings is 1. The van der Waals surface area contributed by atoms with Gasteiger partial charge in [-0.3, -0.25) is 9.88 Å². The van der Waals surface area contributed by atoms with Crippen molar-refractivity contribution in [2.45, 2.75) is 6.04 Å². The molecule has 5 nitrogen and oxygen atoms in total. The van der Waals surface area contributed by atoms with E-state index in [1.54, 1.807) is 14.2 Å². The first kappa shape index (κ1) is 15.8. The Hall–Kier alpha value is -2.11. The van der Waals surface area contributed by atoms with Gasteiger partial charge in [-0.2, -0.15) is 0 Å². The molecule has 1 N–H and O–H groups in total. The van der Waals surface area contributed by atoms with Crippen molar-refractivity contribution in [3.8, 4) is 11.5 Å². The summed E-state index contributed by atoms with van der Waals surface area (Å²) in [5, 5.41) is 3.41. The van der Waals surface area contributed by atoms with Crippen molar-refractivity contribution in [1.29, 1.82) is 0 Å². The second-order valence-electron chi connectivity index (χ2n) is 5.55. The average molecular weight is 313 g/mol. The molecule has 1 atom stereocenters. The first-order chi connectivity index (χ1) is 11.3. The number of hydrogen-bond donors (Lipinski definition) is 1. The van der Waals surface area contributed by atoms with Crippen molar-refractivity contribution in [2.24, 2.45) is 0 Å². The first-order valence-electron chi connectivity index (χ1n) is 7.91. The van der Waals surface area contributed by atoms with Crippen LogP contribution in [0.3, 0.4) is 0 Å². The van der Waals surface area contributed by atoms with E-state index in [-0.39, 0.29) is 6.04 Å². The van der Waals surface area contributed by atoms with Crippen LogP contribution >= 0.6 is 0 Å². The lowest BCUT2D eigenvalue weighted by Gasteiger charge is -2.35. The maximum Gasteiger partial charge on any atom is 0.127 e. The molecule has 0 aliphatic carbocycles. The zero-order chi connectivity index (χ0) is 16.1. The predicted molar refractivity (Wildman–Crippen MR) is 90.1 cm³/mol. The SMILES string of the molecule is COc1ccc(C(c2ccccn2)N2CCNCC2)c(OC)c1. The molecule has 1 aromatic heterocycles. The molecule has 3 rings (SSSR count). The van der Waals surface area contributed by atoms with Gasteiger partial charge >= 0.3 is 0 Å². The molecule has 23 heavy (non-hydrogen) atoms. The third-order valence-electron chi connectivity index (χ3n) is 4.22. The van der Waals surface area contributed by atoms with E-state index in [4.69, 9.17) is 9.47 Å². The minimum Gasteiger partial charge on any atom is -0.497 e. The van der Waals surface area contributed by atoms with Crippen LogP contribution in [-0.2, 0) is 0 Å². The highest BCUT2D eigenvalue weighted by Crippen LogP contribution is 2.36. The number of rotatable bonds is 5. The molecule has 1 aromatic carbocycles. The second kappa shape index (κ2) is 7.44. The molecule has 0 spiro atoms. The minimum atomic E-state index is 0.0826. The topological polar surface area (TPSA) is 46.6 Å². The van der Waals surface area contributed by atoms with E-state index < -0.39 is 0 Å². The molecular weight excluding hydrogens is 290 g/mol. The molecule has 0 radical (unpaired) electrons. The number of pyridine rings is 1. The molecule has 0 bridgehead atoms. The Morgan fingerprint density at radius 2 is 1.91 bits per heavy atom. The van der Waals surface area contributed by atoms with Crippen molar-refractivity contribution < 1.29 is 9.47 Å². The molecule has 1 fully saturated rings. The maximum atomic E-state index is 5.63. The van der Waals surface area contributed by atoms with E-state index in [0.717, 1.165) is 48.9 Å². The Morgan fingerprint density at radius 3 is 2.57 bits per heavy atom. The van der Waals surface area contributed by atoms with Crippen molar-refractivity contribution in [2.75, 3.05) is 40.4 Å². The monoisotopic (exact) mass is 313 g/mol. The van der Waals surface area contributed by atoms with Gasteiger partial charge < -0.3 is 14.8 Å². The molecule has 2 aromatic rings. The van der Waals surface area contributed by atoms with Crippen LogP contribution < -0.4 is 14.8 Å². The summed E-state index contributed by atoms with van der Waals surface area (Å²) in [6, 6.07) is 12.1. The van der Waals surface area contributed by atoms with Gasteiger partial charge in [0.25, 0.3) is 0 Å². The Morgan fingerprint density at radius 1 is 1.09 bits per heavy atom. The molecule has 0 amide bonds. The van der Waals surface area contributed by atoms with Crippen LogP contribution in [0.1, 0.15) is 17.3 Å². The second-order valence-corrected chi connectivity index (χ2v) is 5.55. The zero-order valence-corrected chi connectivity index (χ0v) is 13.7. The van der Waals surface area contributed by atoms with Crippen molar-refractivity contribution in [3.05, 3.63) is 53.9 Å². The quantitative estimate of drug-likeness (QED) is 0.916. The van der Waals surface area contributed by atoms with Gasteiger partial charge in [0, 0.05) is 44.0 Å². The van der Waals surface area contributed by atoms with E-state index in [1.807, 2.05) is 30.5 Å². The summed E-state index contributed by atoms with van der Waals surface area (Å²) in [5.41, 5.74) is 2.16. The predicted octanol–water partition coefficient (Wildman–Crippen LogP) is 2.09. The summed E-state index contributed by atoms with van der Waals surface area (Å²) in [6.45, 7) is 3.94. The summed E-state index contributed by atoms with van der Waals surface area (Å²) in [7, 11) is 3.37. The van der Waals surface area contributed by atoms with Gasteiger partial charge in [-0.25, -0.2) is 0 Å². The lowest BCUT2D eigenvalue weighted by atomic mass is 9.99. The van der Waals surface area contributed by atoms with Gasteiger partial charge in [-0.1, -0.05) is 6.07 Å². The van der Waals surface area contributed by atoms with E-state index in [0.29, 0.717) is 0 Å². The third-order valence-corrected chi connectivity index (χ3v) is 4.22. The summed E-state index contributed by atoms with van der Waals surface area (Å²) >= 11 is 0. The van der Waals surface area contributed by atoms with Gasteiger partial charge in [0.1, 0.15) is 11.5 Å². The lowest BCUT2D eigenvalue weighted by molar-refractivity contribution is 0.192. The number of nitrogens with zero attached hydrogens (tertiary/aromatic N) is 2. The number of nitrogens with one attached hydrogen (secondary N) is 1. The van der Waals surface area contributed by atoms with Crippen LogP contribution in [0.15, 0.2) is 42.6 Å². The number of ether oxygens (including phenoxy) is 2. The fraction of sp³-hybridized carbons (Fsp3) is 0.389. The lowest BCUT2D eigenvalue weighted by Crippen LogP contribution is -2.45. The molecule has 1 aliphatic heterocycles. The molecule has 122 valence electrons. The Kier molecular flexibility index (Phi) is 5.10. The van der Waals surface area contributed by atoms with Crippen LogP contribution in [0.2, 0.25) is 0 Å². The molecule has 1 unspecified atom stereocenters. The van der Waals surface area contributed by atoms with Crippen LogP contribution in [0, 0.1) is 0 Å². The van der Waals surface area contributed by atoms with Crippen LogP contribution in [0.25, 0.3) is 0 Å². The third kappa shape index (κ3) is 3.46. The Labute approximate surface area is 137 Å². The molecule has 2 heterocycles. The normalized spacial score (nSPS) is 16.8. The fourth-order valence-corrected chi connectivity index (χ4v) is 3.07. The van der Waals surface area contributed by atoms with Crippen molar-refractivity contribution >= 4 is 0 Å². The van der Waals surface area contributed by atoms with Gasteiger partial charge in [-0.15, -0.1) is 0 Å². The number of hydrogen-bond acceptors (Lipinski definition) is 5. The standard InChI is InChI=1S/C18H23N3O2/c1-22-14-6-7-15(17(13-14)23-2)18(16-5-3-4-8-20-16)21-11-9-19-10-12-21/h3-8,13,18-19H,9-12H2,1-2H3. The molecule has 1 saturated heterocycles. The molecule has 0 saturated carbocycles. The smallest absolute Gasteiger partial charge is 0.127 e. The largest absolute Gasteiger partial charge is 0.497 e. The summed E-state index contributed by atoms with van der Waals surface area (Å²) in [4.78, 5) is 7.05. The Balaban J connectivity index is 2.04. The first-order valence-corrected chi connectivity index (χ1v) is 7.91. The minimum absolute atomic E-state index is 0.0826. The highest BCUT2D eigenvalue weighted by molar-refractivity contribution is 5.45. The van der Waals surface area contributed by atoms with Crippen molar-refractivity contribution in [1.82, 2.24) is 15.2 Å². The highest BCUT2D eigenvalue weighted by atomic mass is 16.5. The van der Waals surface area contributed by atoms with E-state index in [2.05, 4.69) is 27.3 Å². The summed E-state index contributed by atoms with van der Waals surface area (Å²) < 4.78 is 11.0. The van der Waals surface area contributed by atoms with E-state index in [1.165, 1.54) is 0 Å². The molecular formula is C18H23N3O2. The molecule has 1 aliphatic rings. The maximum absolute atomic E-state index is 5.63. The highest BCUT2D eigenvalue weighted by Gasteiger charge is 2.27. The van der Waals surface area contributed by atoms with Gasteiger partial charge in [-0.05, 0) is 24.3 Å². The van der Waals surface area contributed by atoms with Gasteiger partial charge in [0.2, 0.25) is 0 Å². The zero-order valence-electron chi connectivity index (χ0n) is 13.7. The van der Waals surface area contributed by atoms with Crippen LogP contribution in [0.5, 0.6) is 11.5 Å². The van der Waals surface area contributed by atoms with E-state index in [9.17, 15) is 0 Å². The average Bonchev–Trinajstić information content (AvgIpc) is 2.64. The van der Waals surface area contributed by atoms with E-state index >= 15 is 0 Å².